The second kappa shape index (κ2) is 9.15. The van der Waals surface area contributed by atoms with Crippen molar-refractivity contribution >= 4 is 35.6 Å². The van der Waals surface area contributed by atoms with Gasteiger partial charge in [0.15, 0.2) is 0 Å². The van der Waals surface area contributed by atoms with Gasteiger partial charge in [-0.1, -0.05) is 91.5 Å². The average Bonchev–Trinajstić information content (AvgIpc) is 3.33. The van der Waals surface area contributed by atoms with Crippen LogP contribution in [0.4, 0.5) is 0 Å². The Morgan fingerprint density at radius 2 is 1.32 bits per heavy atom. The van der Waals surface area contributed by atoms with Gasteiger partial charge in [0.25, 0.3) is 0 Å². The molecule has 3 aliphatic rings. The molecule has 0 fully saturated rings. The molecule has 6 rings (SSSR count). The van der Waals surface area contributed by atoms with E-state index in [0.717, 1.165) is 27.4 Å². The molecule has 1 atom stereocenters. The zero-order valence-corrected chi connectivity index (χ0v) is 22.5. The van der Waals surface area contributed by atoms with Gasteiger partial charge in [-0.25, -0.2) is 9.59 Å². The molecule has 0 N–H and O–H groups in total. The molecule has 1 unspecified atom stereocenters. The lowest BCUT2D eigenvalue weighted by molar-refractivity contribution is 0.0557. The molecule has 0 aromatic heterocycles. The van der Waals surface area contributed by atoms with Gasteiger partial charge in [0.05, 0.1) is 31.0 Å². The fraction of sp³-hybridized carbons (Fsp3) is 0.125. The third kappa shape index (κ3) is 3.37. The number of rotatable bonds is 5. The Morgan fingerprint density at radius 1 is 0.711 bits per heavy atom. The highest BCUT2D eigenvalue weighted by Crippen LogP contribution is 2.46. The van der Waals surface area contributed by atoms with Gasteiger partial charge >= 0.3 is 11.9 Å². The molecule has 0 saturated carbocycles. The zero-order chi connectivity index (χ0) is 26.4. The van der Waals surface area contributed by atoms with Crippen molar-refractivity contribution in [3.63, 3.8) is 0 Å². The second-order valence-electron chi connectivity index (χ2n) is 9.71. The van der Waals surface area contributed by atoms with Gasteiger partial charge < -0.3 is 14.0 Å². The van der Waals surface area contributed by atoms with Crippen LogP contribution in [0.2, 0.25) is 6.55 Å². The molecule has 188 valence electrons. The maximum atomic E-state index is 13.4. The summed E-state index contributed by atoms with van der Waals surface area (Å²) in [6.07, 6.45) is 2.05. The standard InChI is InChI=1S/C32H27NO4Si/c1-36-31(34)28-26-23-16-10-11-17-24(23)38(3,22-14-8-5-9-15-22)25-18-19-33(20-21-12-6-4-7-13-21)30(27(25)26)29(28)32(35)37-2/h4-19H,20H2,1-3H3. The van der Waals surface area contributed by atoms with Crippen molar-refractivity contribution in [1.29, 1.82) is 0 Å². The van der Waals surface area contributed by atoms with Crippen LogP contribution in [0.1, 0.15) is 26.3 Å². The molecule has 38 heavy (non-hydrogen) atoms. The first-order valence-electron chi connectivity index (χ1n) is 12.6. The summed E-state index contributed by atoms with van der Waals surface area (Å²) in [7, 11) is 0.186. The number of carbonyl (C=O) groups is 2. The Morgan fingerprint density at radius 3 is 2.00 bits per heavy atom. The van der Waals surface area contributed by atoms with E-state index in [9.17, 15) is 9.59 Å². The number of hydrogen-bond acceptors (Lipinski definition) is 4. The summed E-state index contributed by atoms with van der Waals surface area (Å²) in [5.74, 6) is -1.10. The van der Waals surface area contributed by atoms with Crippen molar-refractivity contribution in [1.82, 2.24) is 4.57 Å². The van der Waals surface area contributed by atoms with Crippen molar-refractivity contribution in [2.24, 2.45) is 0 Å². The molecule has 6 heteroatoms. The van der Waals surface area contributed by atoms with Crippen molar-refractivity contribution in [2.75, 3.05) is 14.2 Å². The van der Waals surface area contributed by atoms with Crippen molar-refractivity contribution in [3.8, 4) is 22.4 Å². The number of ether oxygens (including phenoxy) is 2. The van der Waals surface area contributed by atoms with Crippen molar-refractivity contribution < 1.29 is 19.1 Å². The number of benzene rings is 3. The van der Waals surface area contributed by atoms with Crippen LogP contribution in [0.15, 0.2) is 97.2 Å². The molecule has 0 saturated heterocycles. The lowest BCUT2D eigenvalue weighted by Crippen LogP contribution is -2.67. The first-order chi connectivity index (χ1) is 18.5. The highest BCUT2D eigenvalue weighted by atomic mass is 28.3. The summed E-state index contributed by atoms with van der Waals surface area (Å²) < 4.78 is 12.6. The first kappa shape index (κ1) is 23.9. The minimum atomic E-state index is -2.52. The number of esters is 2. The molecular formula is C32H27NO4Si. The molecule has 1 aliphatic carbocycles. The Hall–Kier alpha value is -4.42. The summed E-state index contributed by atoms with van der Waals surface area (Å²) in [5.41, 5.74) is 4.96. The van der Waals surface area contributed by atoms with E-state index in [-0.39, 0.29) is 11.1 Å². The van der Waals surface area contributed by atoms with Crippen LogP contribution in [0, 0.1) is 0 Å². The lowest BCUT2D eigenvalue weighted by Gasteiger charge is -2.37. The van der Waals surface area contributed by atoms with Gasteiger partial charge in [-0.3, -0.25) is 0 Å². The molecular weight excluding hydrogens is 490 g/mol. The SMILES string of the molecule is COC(=O)c1c(C(=O)OC)c2n(Cc3ccccc3)ccc3c-2c1-c1ccccc1[Si]3(C)c1ccccc1. The van der Waals surface area contributed by atoms with Crippen LogP contribution in [-0.2, 0) is 16.0 Å². The summed E-state index contributed by atoms with van der Waals surface area (Å²) in [6, 6.07) is 31.1. The minimum Gasteiger partial charge on any atom is -0.465 e. The minimum absolute atomic E-state index is 0.253. The van der Waals surface area contributed by atoms with Crippen LogP contribution in [0.3, 0.4) is 0 Å². The predicted octanol–water partition coefficient (Wildman–Crippen LogP) is 4.29. The number of methoxy groups -OCH3 is 2. The van der Waals surface area contributed by atoms with Crippen LogP contribution < -0.4 is 15.6 Å². The molecule has 0 bridgehead atoms. The van der Waals surface area contributed by atoms with Crippen LogP contribution in [0.5, 0.6) is 0 Å². The number of carbonyl (C=O) groups excluding carboxylic acids is 2. The van der Waals surface area contributed by atoms with Gasteiger partial charge in [-0.2, -0.15) is 0 Å². The van der Waals surface area contributed by atoms with E-state index in [1.165, 1.54) is 24.6 Å². The molecule has 3 aromatic carbocycles. The monoisotopic (exact) mass is 517 g/mol. The van der Waals surface area contributed by atoms with Gasteiger partial charge in [0.1, 0.15) is 8.07 Å². The summed E-state index contributed by atoms with van der Waals surface area (Å²) in [4.78, 5) is 26.9. The fourth-order valence-electron chi connectivity index (χ4n) is 6.05. The Labute approximate surface area is 222 Å². The molecule has 3 aromatic rings. The highest BCUT2D eigenvalue weighted by molar-refractivity contribution is 7.12. The van der Waals surface area contributed by atoms with E-state index in [4.69, 9.17) is 9.47 Å². The molecule has 2 aliphatic heterocycles. The Bertz CT molecular complexity index is 1660. The van der Waals surface area contributed by atoms with Crippen molar-refractivity contribution in [3.05, 3.63) is 114 Å². The summed E-state index contributed by atoms with van der Waals surface area (Å²) in [6.45, 7) is 2.89. The van der Waals surface area contributed by atoms with E-state index < -0.39 is 20.0 Å². The van der Waals surface area contributed by atoms with E-state index in [0.29, 0.717) is 12.2 Å². The van der Waals surface area contributed by atoms with Crippen LogP contribution in [0.25, 0.3) is 22.4 Å². The van der Waals surface area contributed by atoms with Crippen LogP contribution >= 0.6 is 0 Å². The van der Waals surface area contributed by atoms with Crippen LogP contribution in [-0.4, -0.2) is 38.8 Å². The van der Waals surface area contributed by atoms with E-state index in [1.54, 1.807) is 0 Å². The lowest BCUT2D eigenvalue weighted by atomic mass is 9.99. The zero-order valence-electron chi connectivity index (χ0n) is 21.5. The summed E-state index contributed by atoms with van der Waals surface area (Å²) >= 11 is 0. The van der Waals surface area contributed by atoms with E-state index in [2.05, 4.69) is 71.8 Å². The highest BCUT2D eigenvalue weighted by Gasteiger charge is 2.47. The van der Waals surface area contributed by atoms with Gasteiger partial charge in [-0.15, -0.1) is 0 Å². The topological polar surface area (TPSA) is 57.5 Å². The molecule has 0 amide bonds. The Kier molecular flexibility index (Phi) is 5.77. The maximum Gasteiger partial charge on any atom is 0.340 e. The number of hydrogen-bond donors (Lipinski definition) is 0. The number of fused-ring (bicyclic) bond motifs is 2. The smallest absolute Gasteiger partial charge is 0.340 e. The number of pyridine rings is 1. The van der Waals surface area contributed by atoms with Gasteiger partial charge in [0, 0.05) is 23.9 Å². The number of aromatic nitrogens is 1. The molecule has 2 heterocycles. The Balaban J connectivity index is 1.78. The largest absolute Gasteiger partial charge is 0.465 e. The first-order valence-corrected chi connectivity index (χ1v) is 15.1. The normalized spacial score (nSPS) is 15.7. The number of nitrogens with zero attached hydrogens (tertiary/aromatic N) is 1. The predicted molar refractivity (Wildman–Crippen MR) is 152 cm³/mol. The summed E-state index contributed by atoms with van der Waals surface area (Å²) in [5, 5.41) is 3.63. The van der Waals surface area contributed by atoms with E-state index >= 15 is 0 Å². The fourth-order valence-corrected chi connectivity index (χ4v) is 10.2. The quantitative estimate of drug-likeness (QED) is 0.258. The second-order valence-corrected chi connectivity index (χ2v) is 13.6. The average molecular weight is 518 g/mol. The van der Waals surface area contributed by atoms with Gasteiger partial charge in [0.2, 0.25) is 0 Å². The van der Waals surface area contributed by atoms with E-state index in [1.807, 2.05) is 36.5 Å². The third-order valence-electron chi connectivity index (χ3n) is 7.80. The molecule has 5 nitrogen and oxygen atoms in total. The third-order valence-corrected chi connectivity index (χ3v) is 12.3. The molecule has 0 radical (unpaired) electrons. The maximum absolute atomic E-state index is 13.4. The van der Waals surface area contributed by atoms with Crippen molar-refractivity contribution in [2.45, 2.75) is 13.1 Å². The van der Waals surface area contributed by atoms with Gasteiger partial charge in [-0.05, 0) is 32.8 Å². The molecule has 0 spiro atoms.